The largest absolute Gasteiger partial charge is 0.294 e. The SMILES string of the molecule is c1ccc(-c2c3c(c(-c4ccccc4)c4ccccc24)-c2ccc(-c4ccc5c(c4)c4cc6ccccc6nc4n5-c4ccccc4)c4cccc-3c24)cc1. The lowest BCUT2D eigenvalue weighted by Crippen LogP contribution is -1.95. The minimum absolute atomic E-state index is 0.974. The maximum atomic E-state index is 5.25. The first kappa shape index (κ1) is 30.2. The highest BCUT2D eigenvalue weighted by atomic mass is 15.0. The molecule has 0 atom stereocenters. The molecule has 2 aromatic heterocycles. The molecule has 0 unspecified atom stereocenters. The van der Waals surface area contributed by atoms with Crippen molar-refractivity contribution in [2.45, 2.75) is 0 Å². The molecule has 11 aromatic rings. The average molecular weight is 697 g/mol. The summed E-state index contributed by atoms with van der Waals surface area (Å²) in [5.41, 5.74) is 17.0. The first-order valence-corrected chi connectivity index (χ1v) is 19.0. The Balaban J connectivity index is 1.16. The molecule has 2 nitrogen and oxygen atoms in total. The summed E-state index contributed by atoms with van der Waals surface area (Å²) < 4.78 is 2.31. The Morgan fingerprint density at radius 1 is 0.345 bits per heavy atom. The molecule has 0 fully saturated rings. The molecule has 9 aromatic carbocycles. The molecule has 12 rings (SSSR count). The third-order valence-electron chi connectivity index (χ3n) is 11.7. The van der Waals surface area contributed by atoms with Gasteiger partial charge in [0.2, 0.25) is 0 Å². The van der Waals surface area contributed by atoms with Crippen LogP contribution in [-0.2, 0) is 0 Å². The molecule has 0 aliphatic heterocycles. The number of aromatic nitrogens is 2. The summed E-state index contributed by atoms with van der Waals surface area (Å²) in [4.78, 5) is 5.25. The molecule has 0 spiro atoms. The summed E-state index contributed by atoms with van der Waals surface area (Å²) in [5, 5.41) is 8.64. The van der Waals surface area contributed by atoms with Gasteiger partial charge in [0, 0.05) is 21.8 Å². The van der Waals surface area contributed by atoms with Crippen LogP contribution in [0.3, 0.4) is 0 Å². The Morgan fingerprint density at radius 2 is 0.927 bits per heavy atom. The smallest absolute Gasteiger partial charge is 0.146 e. The van der Waals surface area contributed by atoms with Gasteiger partial charge in [-0.3, -0.25) is 4.57 Å². The monoisotopic (exact) mass is 696 g/mol. The van der Waals surface area contributed by atoms with E-state index in [2.05, 4.69) is 199 Å². The second-order valence-electron chi connectivity index (χ2n) is 14.6. The topological polar surface area (TPSA) is 17.8 Å². The fourth-order valence-corrected chi connectivity index (χ4v) is 9.40. The van der Waals surface area contributed by atoms with Crippen molar-refractivity contribution in [2.75, 3.05) is 0 Å². The fourth-order valence-electron chi connectivity index (χ4n) is 9.40. The number of nitrogens with zero attached hydrogens (tertiary/aromatic N) is 2. The van der Waals surface area contributed by atoms with Crippen LogP contribution < -0.4 is 0 Å². The Labute approximate surface area is 318 Å². The number of hydrogen-bond donors (Lipinski definition) is 0. The first-order chi connectivity index (χ1) is 27.3. The molecule has 1 aliphatic carbocycles. The van der Waals surface area contributed by atoms with Gasteiger partial charge in [0.15, 0.2) is 0 Å². The van der Waals surface area contributed by atoms with E-state index in [9.17, 15) is 0 Å². The summed E-state index contributed by atoms with van der Waals surface area (Å²) in [5.74, 6) is 0. The summed E-state index contributed by atoms with van der Waals surface area (Å²) >= 11 is 0. The number of hydrogen-bond acceptors (Lipinski definition) is 1. The third kappa shape index (κ3) is 4.34. The van der Waals surface area contributed by atoms with Crippen molar-refractivity contribution in [1.82, 2.24) is 9.55 Å². The van der Waals surface area contributed by atoms with E-state index in [0.717, 1.165) is 33.1 Å². The molecule has 1 aliphatic rings. The normalized spacial score (nSPS) is 12.0. The molecule has 0 saturated heterocycles. The summed E-state index contributed by atoms with van der Waals surface area (Å²) in [6.07, 6.45) is 0. The zero-order chi connectivity index (χ0) is 36.0. The van der Waals surface area contributed by atoms with Gasteiger partial charge in [-0.25, -0.2) is 4.98 Å². The number of benzene rings is 9. The van der Waals surface area contributed by atoms with E-state index >= 15 is 0 Å². The van der Waals surface area contributed by atoms with Gasteiger partial charge in [-0.15, -0.1) is 0 Å². The zero-order valence-electron chi connectivity index (χ0n) is 29.9. The van der Waals surface area contributed by atoms with Crippen molar-refractivity contribution >= 4 is 54.4 Å². The van der Waals surface area contributed by atoms with Gasteiger partial charge < -0.3 is 0 Å². The summed E-state index contributed by atoms with van der Waals surface area (Å²) in [7, 11) is 0. The first-order valence-electron chi connectivity index (χ1n) is 19.0. The van der Waals surface area contributed by atoms with Crippen LogP contribution in [0, 0.1) is 0 Å². The molecule has 254 valence electrons. The van der Waals surface area contributed by atoms with Gasteiger partial charge in [0.25, 0.3) is 0 Å². The van der Waals surface area contributed by atoms with E-state index in [1.807, 2.05) is 0 Å². The quantitative estimate of drug-likeness (QED) is 0.179. The Bertz CT molecular complexity index is 3250. The van der Waals surface area contributed by atoms with Gasteiger partial charge in [-0.05, 0) is 114 Å². The van der Waals surface area contributed by atoms with E-state index in [1.54, 1.807) is 0 Å². The molecule has 0 amide bonds. The van der Waals surface area contributed by atoms with Crippen LogP contribution in [0.4, 0.5) is 0 Å². The Hall–Kier alpha value is -7.29. The minimum Gasteiger partial charge on any atom is -0.294 e. The lowest BCUT2D eigenvalue weighted by atomic mass is 9.82. The van der Waals surface area contributed by atoms with E-state index in [-0.39, 0.29) is 0 Å². The van der Waals surface area contributed by atoms with Crippen LogP contribution in [0.5, 0.6) is 0 Å². The van der Waals surface area contributed by atoms with Gasteiger partial charge in [0.1, 0.15) is 5.65 Å². The van der Waals surface area contributed by atoms with Crippen molar-refractivity contribution in [3.05, 3.63) is 194 Å². The molecule has 2 heteroatoms. The van der Waals surface area contributed by atoms with E-state index in [4.69, 9.17) is 4.98 Å². The highest BCUT2D eigenvalue weighted by molar-refractivity contribution is 6.29. The molecule has 0 N–H and O–H groups in total. The van der Waals surface area contributed by atoms with Crippen molar-refractivity contribution in [3.63, 3.8) is 0 Å². The molecule has 2 heterocycles. The van der Waals surface area contributed by atoms with Gasteiger partial charge in [-0.2, -0.15) is 0 Å². The molecule has 0 radical (unpaired) electrons. The molecule has 0 saturated carbocycles. The Morgan fingerprint density at radius 3 is 1.64 bits per heavy atom. The van der Waals surface area contributed by atoms with Crippen LogP contribution in [0.25, 0.3) is 116 Å². The van der Waals surface area contributed by atoms with E-state index < -0.39 is 0 Å². The van der Waals surface area contributed by atoms with Gasteiger partial charge in [-0.1, -0.05) is 158 Å². The van der Waals surface area contributed by atoms with E-state index in [0.29, 0.717) is 0 Å². The van der Waals surface area contributed by atoms with Crippen LogP contribution in [0.15, 0.2) is 194 Å². The predicted molar refractivity (Wildman–Crippen MR) is 232 cm³/mol. The number of pyridine rings is 1. The van der Waals surface area contributed by atoms with Crippen molar-refractivity contribution in [3.8, 4) is 61.3 Å². The molecular formula is C53H32N2. The summed E-state index contributed by atoms with van der Waals surface area (Å²) in [6, 6.07) is 70.8. The van der Waals surface area contributed by atoms with Gasteiger partial charge >= 0.3 is 0 Å². The van der Waals surface area contributed by atoms with E-state index in [1.165, 1.54) is 82.6 Å². The van der Waals surface area contributed by atoms with Gasteiger partial charge in [0.05, 0.1) is 11.0 Å². The second-order valence-corrected chi connectivity index (χ2v) is 14.6. The minimum atomic E-state index is 0.974. The molecule has 55 heavy (non-hydrogen) atoms. The zero-order valence-corrected chi connectivity index (χ0v) is 29.9. The van der Waals surface area contributed by atoms with Crippen molar-refractivity contribution in [1.29, 1.82) is 0 Å². The van der Waals surface area contributed by atoms with Crippen molar-refractivity contribution < 1.29 is 0 Å². The highest BCUT2D eigenvalue weighted by Crippen LogP contribution is 2.58. The fraction of sp³-hybridized carbons (Fsp3) is 0. The summed E-state index contributed by atoms with van der Waals surface area (Å²) in [6.45, 7) is 0. The number of rotatable bonds is 4. The predicted octanol–water partition coefficient (Wildman–Crippen LogP) is 14.3. The Kier molecular flexibility index (Phi) is 6.37. The standard InChI is InChI=1S/C53H32N2/c1-4-15-33(16-5-1)48-40-22-11-12-23-41(40)49(34-17-6-2-7-18-34)52-43-29-28-38(39-24-14-25-42(50(39)43)51(48)52)35-27-30-47-44(31-35)45-32-36-19-10-13-26-46(36)54-53(45)55(47)37-20-8-3-9-21-37/h1-32H. The van der Waals surface area contributed by atoms with Crippen LogP contribution in [-0.4, -0.2) is 9.55 Å². The number of para-hydroxylation sites is 2. The molecule has 0 bridgehead atoms. The number of fused-ring (bicyclic) bond motifs is 8. The second kappa shape index (κ2) is 11.6. The third-order valence-corrected chi connectivity index (χ3v) is 11.7. The van der Waals surface area contributed by atoms with Crippen molar-refractivity contribution in [2.24, 2.45) is 0 Å². The maximum Gasteiger partial charge on any atom is 0.146 e. The van der Waals surface area contributed by atoms with Crippen LogP contribution in [0.1, 0.15) is 0 Å². The lowest BCUT2D eigenvalue weighted by molar-refractivity contribution is 1.15. The molecular weight excluding hydrogens is 665 g/mol. The highest BCUT2D eigenvalue weighted by Gasteiger charge is 2.31. The van der Waals surface area contributed by atoms with Crippen LogP contribution >= 0.6 is 0 Å². The van der Waals surface area contributed by atoms with Crippen LogP contribution in [0.2, 0.25) is 0 Å². The average Bonchev–Trinajstić information content (AvgIpc) is 3.75. The maximum absolute atomic E-state index is 5.25. The lowest BCUT2D eigenvalue weighted by Gasteiger charge is -2.20.